The first-order valence-electron chi connectivity index (χ1n) is 17.4. The van der Waals surface area contributed by atoms with Crippen LogP contribution in [0.25, 0.3) is 32.9 Å². The number of likely N-dealkylation sites (tertiary alicyclic amines) is 1. The minimum Gasteiger partial charge on any atom is -0.493 e. The van der Waals surface area contributed by atoms with Crippen molar-refractivity contribution in [2.24, 2.45) is 11.8 Å². The number of pyridine rings is 1. The maximum atomic E-state index is 17.2. The molecule has 6 heterocycles. The molecule has 0 radical (unpaired) electrons. The summed E-state index contributed by atoms with van der Waals surface area (Å²) in [6.45, 7) is 3.40. The van der Waals surface area contributed by atoms with Crippen molar-refractivity contribution in [3.63, 3.8) is 0 Å². The highest BCUT2D eigenvalue weighted by Crippen LogP contribution is 2.52. The molecular weight excluding hydrogens is 676 g/mol. The second kappa shape index (κ2) is 12.0. The summed E-state index contributed by atoms with van der Waals surface area (Å²) >= 11 is 13.1. The van der Waals surface area contributed by atoms with E-state index in [9.17, 15) is 10.1 Å². The van der Waals surface area contributed by atoms with Crippen LogP contribution < -0.4 is 10.1 Å². The SMILES string of the molecule is COc1cnn([C@H]2C[C@H](c3cc4c(C)nc5c(F)c(-c6cccc(Cl)c6Cl)c(CCC#N)cc5c4n3[C@H]3[C@H]4CN[C@@H]3C4)N(C(=O)C3CC3)C2)c1. The largest absolute Gasteiger partial charge is 0.493 e. The second-order valence-electron chi connectivity index (χ2n) is 14.3. The highest BCUT2D eigenvalue weighted by Gasteiger charge is 2.51. The van der Waals surface area contributed by atoms with Crippen molar-refractivity contribution in [3.8, 4) is 22.9 Å². The summed E-state index contributed by atoms with van der Waals surface area (Å²) in [4.78, 5) is 21.0. The Labute approximate surface area is 298 Å². The third-order valence-electron chi connectivity index (χ3n) is 11.5. The lowest BCUT2D eigenvalue weighted by atomic mass is 9.79. The number of amides is 1. The zero-order valence-electron chi connectivity index (χ0n) is 27.8. The number of carbonyl (C=O) groups excluding carboxylic acids is 1. The molecule has 2 saturated carbocycles. The van der Waals surface area contributed by atoms with Crippen LogP contribution in [0, 0.1) is 35.9 Å². The van der Waals surface area contributed by atoms with E-state index in [0.717, 1.165) is 42.4 Å². The Hall–Kier alpha value is -4.17. The fourth-order valence-corrected chi connectivity index (χ4v) is 9.21. The van der Waals surface area contributed by atoms with E-state index in [-0.39, 0.29) is 53.0 Å². The number of methoxy groups -OCH3 is 1. The molecule has 12 heteroatoms. The van der Waals surface area contributed by atoms with Crippen LogP contribution in [0.3, 0.4) is 0 Å². The summed E-state index contributed by atoms with van der Waals surface area (Å²) in [5.41, 5.74) is 4.42. The van der Waals surface area contributed by atoms with Gasteiger partial charge in [-0.1, -0.05) is 35.3 Å². The van der Waals surface area contributed by atoms with Gasteiger partial charge in [0.15, 0.2) is 11.6 Å². The van der Waals surface area contributed by atoms with Gasteiger partial charge in [-0.05, 0) is 68.7 Å². The maximum absolute atomic E-state index is 17.2. The molecule has 5 aromatic rings. The number of nitrogens with one attached hydrogen (secondary N) is 1. The van der Waals surface area contributed by atoms with Crippen molar-refractivity contribution in [1.82, 2.24) is 29.5 Å². The van der Waals surface area contributed by atoms with Gasteiger partial charge >= 0.3 is 0 Å². The fourth-order valence-electron chi connectivity index (χ4n) is 8.82. The molecule has 3 aliphatic heterocycles. The summed E-state index contributed by atoms with van der Waals surface area (Å²) < 4.78 is 26.9. The van der Waals surface area contributed by atoms with E-state index in [1.165, 1.54) is 0 Å². The average molecular weight is 713 g/mol. The van der Waals surface area contributed by atoms with Gasteiger partial charge in [-0.15, -0.1) is 0 Å². The summed E-state index contributed by atoms with van der Waals surface area (Å²) in [5, 5.41) is 20.1. The normalized spacial score (nSPS) is 24.2. The standard InChI is InChI=1S/C38H36Cl2FN7O2/c1-19-26-14-31(30-13-23(47-18-24(50-2)16-44-47)17-46(30)38(49)20-8-9-20)48(36-22-12-29(36)43-15-22)37(26)27-11-21(5-4-10-42)32(34(41)35(27)45-19)25-6-3-7-28(39)33(25)40/h3,6-7,11,14,16,18,20,22-23,29-30,36,43H,4-5,8-9,12-13,15,17H2,1-2H3/t22-,23+,29-,30-,36+/m1/s1. The van der Waals surface area contributed by atoms with Gasteiger partial charge in [0.2, 0.25) is 5.91 Å². The predicted octanol–water partition coefficient (Wildman–Crippen LogP) is 7.73. The van der Waals surface area contributed by atoms with E-state index in [0.29, 0.717) is 63.8 Å². The maximum Gasteiger partial charge on any atom is 0.226 e. The van der Waals surface area contributed by atoms with Gasteiger partial charge < -0.3 is 19.5 Å². The summed E-state index contributed by atoms with van der Waals surface area (Å²) in [5.74, 6) is 0.870. The number of halogens is 3. The van der Waals surface area contributed by atoms with Crippen LogP contribution in [-0.4, -0.2) is 56.4 Å². The first-order valence-corrected chi connectivity index (χ1v) is 18.1. The Morgan fingerprint density at radius 3 is 2.74 bits per heavy atom. The Bertz CT molecular complexity index is 2240. The highest BCUT2D eigenvalue weighted by atomic mass is 35.5. The van der Waals surface area contributed by atoms with Crippen LogP contribution in [-0.2, 0) is 11.2 Å². The van der Waals surface area contributed by atoms with Crippen LogP contribution in [0.2, 0.25) is 10.0 Å². The third-order valence-corrected chi connectivity index (χ3v) is 12.3. The first-order chi connectivity index (χ1) is 24.3. The molecule has 3 saturated heterocycles. The zero-order valence-corrected chi connectivity index (χ0v) is 29.3. The highest BCUT2D eigenvalue weighted by molar-refractivity contribution is 6.43. The molecule has 10 rings (SSSR count). The number of hydrogen-bond donors (Lipinski definition) is 1. The van der Waals surface area contributed by atoms with Crippen LogP contribution in [0.5, 0.6) is 5.75 Å². The fraction of sp³-hybridized carbons (Fsp3) is 0.421. The number of nitriles is 1. The van der Waals surface area contributed by atoms with Crippen LogP contribution in [0.4, 0.5) is 4.39 Å². The monoisotopic (exact) mass is 711 g/mol. The molecule has 2 aromatic carbocycles. The lowest BCUT2D eigenvalue weighted by molar-refractivity contribution is -0.133. The molecule has 0 unspecified atom stereocenters. The van der Waals surface area contributed by atoms with Crippen molar-refractivity contribution in [2.75, 3.05) is 20.2 Å². The van der Waals surface area contributed by atoms with E-state index >= 15 is 4.39 Å². The Balaban J connectivity index is 1.29. The smallest absolute Gasteiger partial charge is 0.226 e. The molecule has 1 N–H and O–H groups in total. The van der Waals surface area contributed by atoms with E-state index in [4.69, 9.17) is 32.9 Å². The van der Waals surface area contributed by atoms with Gasteiger partial charge in [0.25, 0.3) is 0 Å². The number of fused-ring (bicyclic) bond motifs is 4. The number of benzene rings is 2. The molecule has 1 amide bonds. The number of ether oxygens (including phenoxy) is 1. The molecular formula is C38H36Cl2FN7O2. The third kappa shape index (κ3) is 4.84. The summed E-state index contributed by atoms with van der Waals surface area (Å²) in [6, 6.07) is 11.8. The van der Waals surface area contributed by atoms with Crippen LogP contribution in [0.15, 0.2) is 42.7 Å². The average Bonchev–Trinajstić information content (AvgIpc) is 3.60. The van der Waals surface area contributed by atoms with Crippen molar-refractivity contribution < 1.29 is 13.9 Å². The Morgan fingerprint density at radius 2 is 2.04 bits per heavy atom. The molecule has 5 aliphatic rings. The zero-order chi connectivity index (χ0) is 34.4. The predicted molar refractivity (Wildman–Crippen MR) is 190 cm³/mol. The lowest BCUT2D eigenvalue weighted by Gasteiger charge is -2.39. The number of aryl methyl sites for hydroxylation is 2. The molecule has 3 aromatic heterocycles. The molecule has 0 spiro atoms. The second-order valence-corrected chi connectivity index (χ2v) is 15.1. The van der Waals surface area contributed by atoms with Gasteiger partial charge in [-0.3, -0.25) is 9.48 Å². The van der Waals surface area contributed by atoms with Crippen molar-refractivity contribution in [1.29, 1.82) is 5.26 Å². The number of hydrogen-bond acceptors (Lipinski definition) is 6. The lowest BCUT2D eigenvalue weighted by Crippen LogP contribution is -2.41. The van der Waals surface area contributed by atoms with Gasteiger partial charge in [-0.2, -0.15) is 10.4 Å². The number of aromatic nitrogens is 4. The Kier molecular flexibility index (Phi) is 7.61. The quantitative estimate of drug-likeness (QED) is 0.177. The molecule has 5 atom stereocenters. The molecule has 256 valence electrons. The summed E-state index contributed by atoms with van der Waals surface area (Å²) in [7, 11) is 1.63. The van der Waals surface area contributed by atoms with E-state index in [1.54, 1.807) is 31.5 Å². The Morgan fingerprint density at radius 1 is 1.20 bits per heavy atom. The van der Waals surface area contributed by atoms with Crippen molar-refractivity contribution >= 4 is 50.9 Å². The minimum atomic E-state index is -0.479. The first kappa shape index (κ1) is 31.8. The van der Waals surface area contributed by atoms with Gasteiger partial charge in [0.1, 0.15) is 5.52 Å². The van der Waals surface area contributed by atoms with Crippen molar-refractivity contribution in [3.05, 3.63) is 75.5 Å². The van der Waals surface area contributed by atoms with E-state index < -0.39 is 5.82 Å². The number of rotatable bonds is 8. The molecule has 50 heavy (non-hydrogen) atoms. The topological polar surface area (TPSA) is 101 Å². The van der Waals surface area contributed by atoms with Gasteiger partial charge in [0, 0.05) is 64.8 Å². The number of nitrogens with zero attached hydrogens (tertiary/aromatic N) is 6. The number of carbonyl (C=O) groups is 1. The van der Waals surface area contributed by atoms with E-state index in [1.807, 2.05) is 23.9 Å². The molecule has 9 nitrogen and oxygen atoms in total. The van der Waals surface area contributed by atoms with Gasteiger partial charge in [-0.25, -0.2) is 9.37 Å². The van der Waals surface area contributed by atoms with Crippen LogP contribution >= 0.6 is 23.2 Å². The molecule has 5 fully saturated rings. The van der Waals surface area contributed by atoms with Crippen LogP contribution in [0.1, 0.15) is 67.2 Å². The summed E-state index contributed by atoms with van der Waals surface area (Å²) in [6.07, 6.45) is 7.76. The van der Waals surface area contributed by atoms with Gasteiger partial charge in [0.05, 0.1) is 59.3 Å². The van der Waals surface area contributed by atoms with E-state index in [2.05, 4.69) is 32.0 Å². The minimum absolute atomic E-state index is 0.0229. The molecule has 2 aliphatic carbocycles. The van der Waals surface area contributed by atoms with Crippen molar-refractivity contribution in [2.45, 2.75) is 69.6 Å². The molecule has 2 bridgehead atoms.